The third kappa shape index (κ3) is 3.23. The van der Waals surface area contributed by atoms with Crippen molar-refractivity contribution < 1.29 is 9.15 Å². The Morgan fingerprint density at radius 2 is 1.81 bits per heavy atom. The van der Waals surface area contributed by atoms with Crippen molar-refractivity contribution in [1.82, 2.24) is 4.98 Å². The van der Waals surface area contributed by atoms with Gasteiger partial charge in [0.15, 0.2) is 12.2 Å². The number of oxazole rings is 1. The lowest BCUT2D eigenvalue weighted by Gasteiger charge is -2.08. The standard InChI is InChI=1S/C17H16N2O2/c1-20-16-8-2-13(3-9-16)10-19-15-6-4-14(5-7-15)17-11-18-12-21-17/h2-9,11-12,19H,10H2,1H3. The molecule has 21 heavy (non-hydrogen) atoms. The molecule has 0 aliphatic heterocycles. The van der Waals surface area contributed by atoms with Crippen molar-refractivity contribution in [3.63, 3.8) is 0 Å². The molecule has 106 valence electrons. The smallest absolute Gasteiger partial charge is 0.181 e. The van der Waals surface area contributed by atoms with Gasteiger partial charge in [-0.3, -0.25) is 0 Å². The van der Waals surface area contributed by atoms with Crippen LogP contribution in [0.4, 0.5) is 5.69 Å². The zero-order valence-corrected chi connectivity index (χ0v) is 11.7. The first-order chi connectivity index (χ1) is 10.3. The van der Waals surface area contributed by atoms with Crippen molar-refractivity contribution in [1.29, 1.82) is 0 Å². The lowest BCUT2D eigenvalue weighted by Crippen LogP contribution is -1.99. The highest BCUT2D eigenvalue weighted by atomic mass is 16.5. The molecule has 0 aliphatic rings. The van der Waals surface area contributed by atoms with Crippen LogP contribution in [-0.4, -0.2) is 12.1 Å². The van der Waals surface area contributed by atoms with Gasteiger partial charge in [-0.15, -0.1) is 0 Å². The molecule has 3 aromatic rings. The first kappa shape index (κ1) is 13.2. The van der Waals surface area contributed by atoms with Crippen molar-refractivity contribution in [2.24, 2.45) is 0 Å². The van der Waals surface area contributed by atoms with E-state index in [0.717, 1.165) is 29.3 Å². The number of aromatic nitrogens is 1. The second-order valence-electron chi connectivity index (χ2n) is 4.64. The van der Waals surface area contributed by atoms with Gasteiger partial charge in [0.2, 0.25) is 0 Å². The number of hydrogen-bond donors (Lipinski definition) is 1. The Morgan fingerprint density at radius 1 is 1.05 bits per heavy atom. The summed E-state index contributed by atoms with van der Waals surface area (Å²) in [6.07, 6.45) is 3.14. The fraction of sp³-hybridized carbons (Fsp3) is 0.118. The van der Waals surface area contributed by atoms with Gasteiger partial charge in [0.05, 0.1) is 13.3 Å². The zero-order chi connectivity index (χ0) is 14.5. The Balaban J connectivity index is 1.62. The summed E-state index contributed by atoms with van der Waals surface area (Å²) in [5.74, 6) is 1.65. The molecule has 0 atom stereocenters. The molecule has 2 aromatic carbocycles. The van der Waals surface area contributed by atoms with Gasteiger partial charge in [0, 0.05) is 17.8 Å². The van der Waals surface area contributed by atoms with Crippen LogP contribution in [-0.2, 0) is 6.54 Å². The number of rotatable bonds is 5. The van der Waals surface area contributed by atoms with E-state index in [1.165, 1.54) is 12.0 Å². The summed E-state index contributed by atoms with van der Waals surface area (Å²) in [6, 6.07) is 16.1. The largest absolute Gasteiger partial charge is 0.497 e. The number of methoxy groups -OCH3 is 1. The highest BCUT2D eigenvalue weighted by molar-refractivity contribution is 5.60. The average molecular weight is 280 g/mol. The Labute approximate surface area is 123 Å². The number of nitrogens with one attached hydrogen (secondary N) is 1. The minimum atomic E-state index is 0.769. The molecular formula is C17H16N2O2. The Bertz CT molecular complexity index is 674. The maximum absolute atomic E-state index is 5.27. The lowest BCUT2D eigenvalue weighted by molar-refractivity contribution is 0.414. The van der Waals surface area contributed by atoms with Gasteiger partial charge in [0.1, 0.15) is 5.75 Å². The summed E-state index contributed by atoms with van der Waals surface area (Å²) >= 11 is 0. The van der Waals surface area contributed by atoms with E-state index < -0.39 is 0 Å². The van der Waals surface area contributed by atoms with Crippen molar-refractivity contribution >= 4 is 5.69 Å². The summed E-state index contributed by atoms with van der Waals surface area (Å²) in [6.45, 7) is 0.769. The van der Waals surface area contributed by atoms with E-state index in [9.17, 15) is 0 Å². The van der Waals surface area contributed by atoms with Crippen molar-refractivity contribution in [3.8, 4) is 17.1 Å². The molecule has 0 amide bonds. The molecule has 0 radical (unpaired) electrons. The Morgan fingerprint density at radius 3 is 2.43 bits per heavy atom. The molecular weight excluding hydrogens is 264 g/mol. The monoisotopic (exact) mass is 280 g/mol. The maximum atomic E-state index is 5.27. The SMILES string of the molecule is COc1ccc(CNc2ccc(-c3cnco3)cc2)cc1. The van der Waals surface area contributed by atoms with E-state index in [1.807, 2.05) is 36.4 Å². The number of benzene rings is 2. The summed E-state index contributed by atoms with van der Waals surface area (Å²) < 4.78 is 10.4. The summed E-state index contributed by atoms with van der Waals surface area (Å²) in [7, 11) is 1.67. The first-order valence-corrected chi connectivity index (χ1v) is 6.71. The van der Waals surface area contributed by atoms with Crippen molar-refractivity contribution in [3.05, 3.63) is 66.7 Å². The van der Waals surface area contributed by atoms with Crippen LogP contribution in [0.5, 0.6) is 5.75 Å². The van der Waals surface area contributed by atoms with Crippen LogP contribution >= 0.6 is 0 Å². The minimum Gasteiger partial charge on any atom is -0.497 e. The normalized spacial score (nSPS) is 10.3. The first-order valence-electron chi connectivity index (χ1n) is 6.71. The van der Waals surface area contributed by atoms with E-state index in [-0.39, 0.29) is 0 Å². The predicted molar refractivity (Wildman–Crippen MR) is 82.3 cm³/mol. The molecule has 0 saturated heterocycles. The number of hydrogen-bond acceptors (Lipinski definition) is 4. The number of anilines is 1. The van der Waals surface area contributed by atoms with E-state index in [4.69, 9.17) is 9.15 Å². The lowest BCUT2D eigenvalue weighted by atomic mass is 10.1. The van der Waals surface area contributed by atoms with E-state index in [0.29, 0.717) is 0 Å². The van der Waals surface area contributed by atoms with Crippen LogP contribution in [0.25, 0.3) is 11.3 Å². The van der Waals surface area contributed by atoms with Crippen LogP contribution in [0.3, 0.4) is 0 Å². The van der Waals surface area contributed by atoms with Crippen LogP contribution in [0, 0.1) is 0 Å². The molecule has 0 bridgehead atoms. The summed E-state index contributed by atoms with van der Waals surface area (Å²) in [5.41, 5.74) is 3.28. The maximum Gasteiger partial charge on any atom is 0.181 e. The Hall–Kier alpha value is -2.75. The number of ether oxygens (including phenoxy) is 1. The van der Waals surface area contributed by atoms with Gasteiger partial charge in [0.25, 0.3) is 0 Å². The van der Waals surface area contributed by atoms with E-state index in [2.05, 4.69) is 22.4 Å². The van der Waals surface area contributed by atoms with Gasteiger partial charge in [-0.25, -0.2) is 4.98 Å². The molecule has 1 aromatic heterocycles. The van der Waals surface area contributed by atoms with Crippen molar-refractivity contribution in [2.45, 2.75) is 6.54 Å². The molecule has 0 aliphatic carbocycles. The average Bonchev–Trinajstić information content (AvgIpc) is 3.08. The van der Waals surface area contributed by atoms with E-state index in [1.54, 1.807) is 13.3 Å². The number of nitrogens with zero attached hydrogens (tertiary/aromatic N) is 1. The second-order valence-corrected chi connectivity index (χ2v) is 4.64. The quantitative estimate of drug-likeness (QED) is 0.768. The minimum absolute atomic E-state index is 0.769. The molecule has 4 heteroatoms. The van der Waals surface area contributed by atoms with Crippen LogP contribution < -0.4 is 10.1 Å². The summed E-state index contributed by atoms with van der Waals surface area (Å²) in [5, 5.41) is 3.38. The highest BCUT2D eigenvalue weighted by Crippen LogP contribution is 2.21. The molecule has 0 saturated carbocycles. The zero-order valence-electron chi connectivity index (χ0n) is 11.7. The molecule has 3 rings (SSSR count). The van der Waals surface area contributed by atoms with Crippen LogP contribution in [0.15, 0.2) is 65.5 Å². The van der Waals surface area contributed by atoms with E-state index >= 15 is 0 Å². The molecule has 0 unspecified atom stereocenters. The van der Waals surface area contributed by atoms with Gasteiger partial charge in [-0.1, -0.05) is 12.1 Å². The van der Waals surface area contributed by atoms with Crippen LogP contribution in [0.2, 0.25) is 0 Å². The fourth-order valence-electron chi connectivity index (χ4n) is 2.06. The van der Waals surface area contributed by atoms with Gasteiger partial charge < -0.3 is 14.5 Å². The van der Waals surface area contributed by atoms with Crippen LogP contribution in [0.1, 0.15) is 5.56 Å². The molecule has 0 spiro atoms. The Kier molecular flexibility index (Phi) is 3.87. The fourth-order valence-corrected chi connectivity index (χ4v) is 2.06. The van der Waals surface area contributed by atoms with Gasteiger partial charge >= 0.3 is 0 Å². The van der Waals surface area contributed by atoms with Crippen molar-refractivity contribution in [2.75, 3.05) is 12.4 Å². The molecule has 1 N–H and O–H groups in total. The topological polar surface area (TPSA) is 47.3 Å². The van der Waals surface area contributed by atoms with Gasteiger partial charge in [-0.2, -0.15) is 0 Å². The molecule has 0 fully saturated rings. The summed E-state index contributed by atoms with van der Waals surface area (Å²) in [4.78, 5) is 3.92. The predicted octanol–water partition coefficient (Wildman–Crippen LogP) is 3.96. The second kappa shape index (κ2) is 6.13. The van der Waals surface area contributed by atoms with Gasteiger partial charge in [-0.05, 0) is 42.0 Å². The highest BCUT2D eigenvalue weighted by Gasteiger charge is 2.01. The third-order valence-corrected chi connectivity index (χ3v) is 3.26. The third-order valence-electron chi connectivity index (χ3n) is 3.26. The molecule has 4 nitrogen and oxygen atoms in total. The molecule has 1 heterocycles.